The third-order valence-electron chi connectivity index (χ3n) is 4.13. The van der Waals surface area contributed by atoms with Crippen LogP contribution in [0.5, 0.6) is 5.75 Å². The molecule has 8 heteroatoms. The molecule has 0 spiro atoms. The van der Waals surface area contributed by atoms with Crippen LogP contribution in [-0.4, -0.2) is 56.8 Å². The van der Waals surface area contributed by atoms with E-state index in [0.717, 1.165) is 5.56 Å². The SMILES string of the molecule is COc1ccccc1CNC(=O)CC(=O)N(C)C1CCS(=O)(=O)C1. The number of ether oxygens (including phenoxy) is 1. The van der Waals surface area contributed by atoms with Crippen LogP contribution in [0.25, 0.3) is 0 Å². The van der Waals surface area contributed by atoms with Gasteiger partial charge < -0.3 is 15.0 Å². The van der Waals surface area contributed by atoms with Crippen molar-refractivity contribution in [2.45, 2.75) is 25.4 Å². The maximum Gasteiger partial charge on any atom is 0.232 e. The normalized spacial score (nSPS) is 18.8. The van der Waals surface area contributed by atoms with Crippen molar-refractivity contribution < 1.29 is 22.7 Å². The monoisotopic (exact) mass is 354 g/mol. The lowest BCUT2D eigenvalue weighted by atomic mass is 10.2. The third kappa shape index (κ3) is 4.70. The Morgan fingerprint density at radius 3 is 2.67 bits per heavy atom. The van der Waals surface area contributed by atoms with Crippen LogP contribution in [0, 0.1) is 0 Å². The second kappa shape index (κ2) is 7.65. The van der Waals surface area contributed by atoms with E-state index in [0.29, 0.717) is 12.2 Å². The number of nitrogens with zero attached hydrogens (tertiary/aromatic N) is 1. The maximum absolute atomic E-state index is 12.1. The van der Waals surface area contributed by atoms with Gasteiger partial charge >= 0.3 is 0 Å². The van der Waals surface area contributed by atoms with Crippen molar-refractivity contribution in [2.24, 2.45) is 0 Å². The van der Waals surface area contributed by atoms with Gasteiger partial charge in [-0.15, -0.1) is 0 Å². The summed E-state index contributed by atoms with van der Waals surface area (Å²) in [6.07, 6.45) is 0.121. The molecule has 1 saturated heterocycles. The van der Waals surface area contributed by atoms with Crippen LogP contribution in [0.15, 0.2) is 24.3 Å². The van der Waals surface area contributed by atoms with Gasteiger partial charge in [0.25, 0.3) is 0 Å². The zero-order valence-electron chi connectivity index (χ0n) is 13.8. The summed E-state index contributed by atoms with van der Waals surface area (Å²) in [7, 11) is 0.0286. The topological polar surface area (TPSA) is 92.8 Å². The van der Waals surface area contributed by atoms with Gasteiger partial charge in [0.05, 0.1) is 18.6 Å². The highest BCUT2D eigenvalue weighted by molar-refractivity contribution is 7.91. The highest BCUT2D eigenvalue weighted by atomic mass is 32.2. The lowest BCUT2D eigenvalue weighted by molar-refractivity contribution is -0.136. The molecule has 1 atom stereocenters. The number of sulfone groups is 1. The number of methoxy groups -OCH3 is 1. The summed E-state index contributed by atoms with van der Waals surface area (Å²) in [6, 6.07) is 6.95. The molecule has 0 bridgehead atoms. The Labute approximate surface area is 141 Å². The quantitative estimate of drug-likeness (QED) is 0.744. The van der Waals surface area contributed by atoms with E-state index in [2.05, 4.69) is 5.32 Å². The number of rotatable bonds is 6. The first kappa shape index (κ1) is 18.3. The van der Waals surface area contributed by atoms with Crippen LogP contribution in [0.2, 0.25) is 0 Å². The van der Waals surface area contributed by atoms with Crippen LogP contribution in [-0.2, 0) is 26.0 Å². The fraction of sp³-hybridized carbons (Fsp3) is 0.500. The molecule has 1 aliphatic heterocycles. The number of amides is 2. The minimum Gasteiger partial charge on any atom is -0.496 e. The molecule has 1 heterocycles. The van der Waals surface area contributed by atoms with Gasteiger partial charge in [-0.3, -0.25) is 9.59 Å². The fourth-order valence-corrected chi connectivity index (χ4v) is 4.43. The molecular weight excluding hydrogens is 332 g/mol. The van der Waals surface area contributed by atoms with Gasteiger partial charge in [0.15, 0.2) is 9.84 Å². The van der Waals surface area contributed by atoms with Crippen molar-refractivity contribution >= 4 is 21.7 Å². The molecule has 1 N–H and O–H groups in total. The fourth-order valence-electron chi connectivity index (χ4n) is 2.65. The zero-order valence-corrected chi connectivity index (χ0v) is 14.6. The minimum absolute atomic E-state index is 0.0297. The molecule has 0 aromatic heterocycles. The van der Waals surface area contributed by atoms with Crippen molar-refractivity contribution in [3.63, 3.8) is 0 Å². The van der Waals surface area contributed by atoms with Gasteiger partial charge in [-0.25, -0.2) is 8.42 Å². The maximum atomic E-state index is 12.1. The number of carbonyl (C=O) groups is 2. The van der Waals surface area contributed by atoms with Crippen molar-refractivity contribution in [1.29, 1.82) is 0 Å². The van der Waals surface area contributed by atoms with Gasteiger partial charge in [0.1, 0.15) is 12.2 Å². The predicted molar refractivity (Wildman–Crippen MR) is 89.3 cm³/mol. The second-order valence-corrected chi connectivity index (χ2v) is 8.06. The van der Waals surface area contributed by atoms with Crippen LogP contribution in [0.4, 0.5) is 0 Å². The Hall–Kier alpha value is -2.09. The largest absolute Gasteiger partial charge is 0.496 e. The molecule has 24 heavy (non-hydrogen) atoms. The Morgan fingerprint density at radius 2 is 2.04 bits per heavy atom. The first-order valence-corrected chi connectivity index (χ1v) is 9.49. The number of carbonyl (C=O) groups excluding carboxylic acids is 2. The molecule has 0 radical (unpaired) electrons. The Balaban J connectivity index is 1.84. The average molecular weight is 354 g/mol. The number of benzene rings is 1. The number of para-hydroxylation sites is 1. The summed E-state index contributed by atoms with van der Waals surface area (Å²) in [5.74, 6) is -0.0569. The summed E-state index contributed by atoms with van der Waals surface area (Å²) in [4.78, 5) is 25.5. The summed E-state index contributed by atoms with van der Waals surface area (Å²) in [5.41, 5.74) is 0.816. The molecule has 0 aliphatic carbocycles. The van der Waals surface area contributed by atoms with Crippen molar-refractivity contribution in [3.8, 4) is 5.75 Å². The smallest absolute Gasteiger partial charge is 0.232 e. The molecule has 1 fully saturated rings. The van der Waals surface area contributed by atoms with E-state index >= 15 is 0 Å². The van der Waals surface area contributed by atoms with Crippen LogP contribution < -0.4 is 10.1 Å². The molecule has 7 nitrogen and oxygen atoms in total. The lowest BCUT2D eigenvalue weighted by Gasteiger charge is -2.23. The van der Waals surface area contributed by atoms with E-state index in [1.54, 1.807) is 20.2 Å². The van der Waals surface area contributed by atoms with E-state index in [4.69, 9.17) is 4.74 Å². The summed E-state index contributed by atoms with van der Waals surface area (Å²) < 4.78 is 28.2. The Morgan fingerprint density at radius 1 is 1.33 bits per heavy atom. The zero-order chi connectivity index (χ0) is 17.7. The summed E-state index contributed by atoms with van der Waals surface area (Å²) in [6.45, 7) is 0.262. The van der Waals surface area contributed by atoms with Gasteiger partial charge in [-0.05, 0) is 12.5 Å². The number of hydrogen-bond acceptors (Lipinski definition) is 5. The van der Waals surface area contributed by atoms with E-state index in [9.17, 15) is 18.0 Å². The van der Waals surface area contributed by atoms with Crippen molar-refractivity contribution in [2.75, 3.05) is 25.7 Å². The summed E-state index contributed by atoms with van der Waals surface area (Å²) >= 11 is 0. The Bertz CT molecular complexity index is 717. The van der Waals surface area contributed by atoms with Crippen molar-refractivity contribution in [3.05, 3.63) is 29.8 Å². The molecule has 2 amide bonds. The molecule has 1 unspecified atom stereocenters. The molecule has 1 aromatic rings. The number of nitrogens with one attached hydrogen (secondary N) is 1. The molecule has 2 rings (SSSR count). The first-order chi connectivity index (χ1) is 11.3. The summed E-state index contributed by atoms with van der Waals surface area (Å²) in [5, 5.41) is 2.68. The van der Waals surface area contributed by atoms with Crippen LogP contribution in [0.3, 0.4) is 0 Å². The van der Waals surface area contributed by atoms with Crippen LogP contribution >= 0.6 is 0 Å². The lowest BCUT2D eigenvalue weighted by Crippen LogP contribution is -2.40. The van der Waals surface area contributed by atoms with Crippen molar-refractivity contribution in [1.82, 2.24) is 10.2 Å². The Kier molecular flexibility index (Phi) is 5.82. The predicted octanol–water partition coefficient (Wildman–Crippen LogP) is 0.347. The van der Waals surface area contributed by atoms with Gasteiger partial charge in [-0.2, -0.15) is 0 Å². The molecular formula is C16H22N2O5S. The van der Waals surface area contributed by atoms with E-state index in [1.807, 2.05) is 18.2 Å². The minimum atomic E-state index is -3.06. The second-order valence-electron chi connectivity index (χ2n) is 5.83. The van der Waals surface area contributed by atoms with E-state index in [1.165, 1.54) is 4.90 Å². The van der Waals surface area contributed by atoms with Gasteiger partial charge in [0.2, 0.25) is 11.8 Å². The number of hydrogen-bond donors (Lipinski definition) is 1. The first-order valence-electron chi connectivity index (χ1n) is 7.67. The van der Waals surface area contributed by atoms with Gasteiger partial charge in [0, 0.05) is 25.2 Å². The standard InChI is InChI=1S/C16H22N2O5S/c1-18(13-7-8-24(21,22)11-13)16(20)9-15(19)17-10-12-5-3-4-6-14(12)23-2/h3-6,13H,7-11H2,1-2H3,(H,17,19). The highest BCUT2D eigenvalue weighted by Gasteiger charge is 2.33. The van der Waals surface area contributed by atoms with Crippen LogP contribution in [0.1, 0.15) is 18.4 Å². The average Bonchev–Trinajstić information content (AvgIpc) is 2.92. The molecule has 1 aromatic carbocycles. The molecule has 0 saturated carbocycles. The highest BCUT2D eigenvalue weighted by Crippen LogP contribution is 2.18. The molecule has 1 aliphatic rings. The third-order valence-corrected chi connectivity index (χ3v) is 5.88. The van der Waals surface area contributed by atoms with E-state index < -0.39 is 15.7 Å². The van der Waals surface area contributed by atoms with E-state index in [-0.39, 0.29) is 36.4 Å². The van der Waals surface area contributed by atoms with Gasteiger partial charge in [-0.1, -0.05) is 18.2 Å². The molecule has 132 valence electrons.